The summed E-state index contributed by atoms with van der Waals surface area (Å²) in [4.78, 5) is 0. The van der Waals surface area contributed by atoms with Gasteiger partial charge >= 0.3 is 0 Å². The van der Waals surface area contributed by atoms with Crippen molar-refractivity contribution in [2.75, 3.05) is 5.32 Å². The van der Waals surface area contributed by atoms with E-state index in [0.717, 1.165) is 15.2 Å². The molecular formula is C12H15BrClN. The summed E-state index contributed by atoms with van der Waals surface area (Å²) in [5.41, 5.74) is 1.48. The summed E-state index contributed by atoms with van der Waals surface area (Å²) in [6.07, 6.45) is 2.62. The fourth-order valence-corrected chi connectivity index (χ4v) is 2.18. The normalized spacial score (nSPS) is 19.7. The van der Waals surface area contributed by atoms with Crippen LogP contribution in [-0.4, -0.2) is 6.04 Å². The summed E-state index contributed by atoms with van der Waals surface area (Å²) in [6, 6.07) is 6.38. The topological polar surface area (TPSA) is 12.0 Å². The van der Waals surface area contributed by atoms with Crippen LogP contribution in [0.25, 0.3) is 0 Å². The smallest absolute Gasteiger partial charge is 0.0638 e. The maximum absolute atomic E-state index is 6.13. The Kier molecular flexibility index (Phi) is 3.00. The predicted octanol–water partition coefficient (Wildman–Crippen LogP) is 4.70. The van der Waals surface area contributed by atoms with Crippen LogP contribution in [0.4, 0.5) is 5.69 Å². The Morgan fingerprint density at radius 2 is 2.13 bits per heavy atom. The Labute approximate surface area is 104 Å². The maximum atomic E-state index is 6.13. The molecule has 1 N–H and O–H groups in total. The van der Waals surface area contributed by atoms with E-state index < -0.39 is 0 Å². The molecule has 0 saturated heterocycles. The number of hydrogen-bond donors (Lipinski definition) is 1. The van der Waals surface area contributed by atoms with E-state index in [1.54, 1.807) is 0 Å². The van der Waals surface area contributed by atoms with E-state index in [1.807, 2.05) is 18.2 Å². The van der Waals surface area contributed by atoms with E-state index in [-0.39, 0.29) is 0 Å². The van der Waals surface area contributed by atoms with Crippen molar-refractivity contribution in [3.63, 3.8) is 0 Å². The second kappa shape index (κ2) is 3.99. The Bertz CT molecular complexity index is 374. The van der Waals surface area contributed by atoms with Gasteiger partial charge in [-0.2, -0.15) is 0 Å². The minimum absolute atomic E-state index is 0.464. The summed E-state index contributed by atoms with van der Waals surface area (Å²) in [6.45, 7) is 4.54. The van der Waals surface area contributed by atoms with Gasteiger partial charge in [-0.1, -0.05) is 34.5 Å². The summed E-state index contributed by atoms with van der Waals surface area (Å²) in [7, 11) is 0. The van der Waals surface area contributed by atoms with E-state index >= 15 is 0 Å². The first-order valence-electron chi connectivity index (χ1n) is 5.23. The van der Waals surface area contributed by atoms with Crippen LogP contribution in [0.1, 0.15) is 26.7 Å². The van der Waals surface area contributed by atoms with E-state index in [1.165, 1.54) is 12.8 Å². The van der Waals surface area contributed by atoms with Crippen molar-refractivity contribution in [2.45, 2.75) is 32.7 Å². The fraction of sp³-hybridized carbons (Fsp3) is 0.500. The summed E-state index contributed by atoms with van der Waals surface area (Å²) in [5.74, 6) is 0. The van der Waals surface area contributed by atoms with Gasteiger partial charge in [0.2, 0.25) is 0 Å². The first-order chi connectivity index (χ1) is 7.01. The molecule has 1 aromatic carbocycles. The third-order valence-electron chi connectivity index (χ3n) is 3.38. The number of hydrogen-bond acceptors (Lipinski definition) is 1. The molecule has 1 saturated carbocycles. The molecule has 1 unspecified atom stereocenters. The lowest BCUT2D eigenvalue weighted by Gasteiger charge is -2.22. The molecule has 1 atom stereocenters. The van der Waals surface area contributed by atoms with Crippen molar-refractivity contribution in [3.05, 3.63) is 27.7 Å². The number of halogens is 2. The fourth-order valence-electron chi connectivity index (χ4n) is 1.65. The lowest BCUT2D eigenvalue weighted by atomic mass is 10.0. The van der Waals surface area contributed by atoms with Crippen molar-refractivity contribution in [1.29, 1.82) is 0 Å². The highest BCUT2D eigenvalue weighted by Crippen LogP contribution is 2.49. The highest BCUT2D eigenvalue weighted by atomic mass is 79.9. The molecular weight excluding hydrogens is 273 g/mol. The van der Waals surface area contributed by atoms with E-state index in [2.05, 4.69) is 35.1 Å². The molecule has 1 fully saturated rings. The lowest BCUT2D eigenvalue weighted by molar-refractivity contribution is 0.493. The van der Waals surface area contributed by atoms with Crippen LogP contribution >= 0.6 is 27.5 Å². The molecule has 1 aliphatic carbocycles. The van der Waals surface area contributed by atoms with Gasteiger partial charge < -0.3 is 5.32 Å². The van der Waals surface area contributed by atoms with E-state index in [9.17, 15) is 0 Å². The third-order valence-corrected chi connectivity index (χ3v) is 4.21. The average Bonchev–Trinajstić information content (AvgIpc) is 2.91. The van der Waals surface area contributed by atoms with Crippen LogP contribution in [0.2, 0.25) is 5.02 Å². The second-order valence-electron chi connectivity index (χ2n) is 4.64. The minimum Gasteiger partial charge on any atom is -0.381 e. The molecule has 0 aromatic heterocycles. The average molecular weight is 289 g/mol. The molecule has 1 aromatic rings. The summed E-state index contributed by atoms with van der Waals surface area (Å²) >= 11 is 9.58. The van der Waals surface area contributed by atoms with Crippen molar-refractivity contribution >= 4 is 33.2 Å². The number of nitrogens with one attached hydrogen (secondary N) is 1. The van der Waals surface area contributed by atoms with Crippen LogP contribution in [0.15, 0.2) is 22.7 Å². The standard InChI is InChI=1S/C12H15BrClN/c1-8(12(2)5-6-12)15-11-7-9(13)3-4-10(11)14/h3-4,7-8,15H,5-6H2,1-2H3. The molecule has 15 heavy (non-hydrogen) atoms. The molecule has 1 aliphatic rings. The molecule has 0 aliphatic heterocycles. The molecule has 0 amide bonds. The molecule has 3 heteroatoms. The zero-order chi connectivity index (χ0) is 11.1. The van der Waals surface area contributed by atoms with Gasteiger partial charge in [0.25, 0.3) is 0 Å². The summed E-state index contributed by atoms with van der Waals surface area (Å²) in [5, 5.41) is 4.28. The van der Waals surface area contributed by atoms with Gasteiger partial charge in [0, 0.05) is 10.5 Å². The Morgan fingerprint density at radius 1 is 1.47 bits per heavy atom. The summed E-state index contributed by atoms with van der Waals surface area (Å²) < 4.78 is 1.06. The van der Waals surface area contributed by atoms with Gasteiger partial charge in [0.05, 0.1) is 10.7 Å². The zero-order valence-corrected chi connectivity index (χ0v) is 11.3. The van der Waals surface area contributed by atoms with Crippen LogP contribution < -0.4 is 5.32 Å². The highest BCUT2D eigenvalue weighted by Gasteiger charge is 2.42. The predicted molar refractivity (Wildman–Crippen MR) is 69.6 cm³/mol. The van der Waals surface area contributed by atoms with Gasteiger partial charge in [0.15, 0.2) is 0 Å². The van der Waals surface area contributed by atoms with Gasteiger partial charge in [-0.25, -0.2) is 0 Å². The van der Waals surface area contributed by atoms with Crippen molar-refractivity contribution < 1.29 is 0 Å². The second-order valence-corrected chi connectivity index (χ2v) is 5.97. The minimum atomic E-state index is 0.464. The van der Waals surface area contributed by atoms with Crippen LogP contribution in [0.5, 0.6) is 0 Å². The third kappa shape index (κ3) is 2.48. The number of anilines is 1. The van der Waals surface area contributed by atoms with Gasteiger partial charge in [0.1, 0.15) is 0 Å². The van der Waals surface area contributed by atoms with Gasteiger partial charge in [-0.05, 0) is 43.4 Å². The molecule has 0 radical (unpaired) electrons. The maximum Gasteiger partial charge on any atom is 0.0638 e. The molecule has 0 bridgehead atoms. The van der Waals surface area contributed by atoms with E-state index in [0.29, 0.717) is 11.5 Å². The Hall–Kier alpha value is -0.210. The number of benzene rings is 1. The SMILES string of the molecule is CC(Nc1cc(Br)ccc1Cl)C1(C)CC1. The Morgan fingerprint density at radius 3 is 2.73 bits per heavy atom. The molecule has 0 spiro atoms. The molecule has 82 valence electrons. The Balaban J connectivity index is 2.13. The monoisotopic (exact) mass is 287 g/mol. The van der Waals surface area contributed by atoms with Crippen molar-refractivity contribution in [1.82, 2.24) is 0 Å². The first kappa shape index (κ1) is 11.3. The van der Waals surface area contributed by atoms with Gasteiger partial charge in [-0.15, -0.1) is 0 Å². The zero-order valence-electron chi connectivity index (χ0n) is 8.98. The van der Waals surface area contributed by atoms with Crippen LogP contribution in [0, 0.1) is 5.41 Å². The van der Waals surface area contributed by atoms with Crippen molar-refractivity contribution in [3.8, 4) is 0 Å². The molecule has 1 nitrogen and oxygen atoms in total. The number of rotatable bonds is 3. The highest BCUT2D eigenvalue weighted by molar-refractivity contribution is 9.10. The van der Waals surface area contributed by atoms with E-state index in [4.69, 9.17) is 11.6 Å². The quantitative estimate of drug-likeness (QED) is 0.850. The molecule has 0 heterocycles. The molecule has 2 rings (SSSR count). The van der Waals surface area contributed by atoms with Crippen LogP contribution in [-0.2, 0) is 0 Å². The largest absolute Gasteiger partial charge is 0.381 e. The van der Waals surface area contributed by atoms with Crippen LogP contribution in [0.3, 0.4) is 0 Å². The first-order valence-corrected chi connectivity index (χ1v) is 6.40. The lowest BCUT2D eigenvalue weighted by Crippen LogP contribution is -2.25. The van der Waals surface area contributed by atoms with Gasteiger partial charge in [-0.3, -0.25) is 0 Å². The van der Waals surface area contributed by atoms with Crippen molar-refractivity contribution in [2.24, 2.45) is 5.41 Å².